The van der Waals surface area contributed by atoms with E-state index in [4.69, 9.17) is 0 Å². The molecule has 2 aliphatic rings. The molecule has 1 aliphatic heterocycles. The highest BCUT2D eigenvalue weighted by atomic mass is 32.2. The van der Waals surface area contributed by atoms with Crippen LogP contribution in [0, 0.1) is 11.8 Å². The van der Waals surface area contributed by atoms with E-state index in [9.17, 15) is 4.79 Å². The molecule has 0 spiro atoms. The van der Waals surface area contributed by atoms with E-state index in [0.29, 0.717) is 17.6 Å². The maximum Gasteiger partial charge on any atom is 0.233 e. The zero-order chi connectivity index (χ0) is 17.4. The Kier molecular flexibility index (Phi) is 5.00. The molecule has 2 atom stereocenters. The van der Waals surface area contributed by atoms with Gasteiger partial charge in [0.1, 0.15) is 16.2 Å². The van der Waals surface area contributed by atoms with Crippen LogP contribution in [-0.2, 0) is 17.6 Å². The number of rotatable bonds is 3. The van der Waals surface area contributed by atoms with Crippen molar-refractivity contribution in [2.24, 2.45) is 11.8 Å². The number of likely N-dealkylation sites (tertiary alicyclic amines) is 1. The summed E-state index contributed by atoms with van der Waals surface area (Å²) in [5.74, 6) is 1.94. The van der Waals surface area contributed by atoms with Gasteiger partial charge in [0.15, 0.2) is 0 Å². The summed E-state index contributed by atoms with van der Waals surface area (Å²) < 4.78 is 0. The van der Waals surface area contributed by atoms with Crippen molar-refractivity contribution in [2.75, 3.05) is 18.8 Å². The Labute approximate surface area is 157 Å². The average molecular weight is 376 g/mol. The fourth-order valence-corrected chi connectivity index (χ4v) is 6.48. The number of amides is 1. The lowest BCUT2D eigenvalue weighted by atomic mass is 9.92. The molecule has 3 heterocycles. The summed E-state index contributed by atoms with van der Waals surface area (Å²) in [6, 6.07) is 0. The van der Waals surface area contributed by atoms with Crippen molar-refractivity contribution in [2.45, 2.75) is 51.0 Å². The minimum Gasteiger partial charge on any atom is -0.341 e. The van der Waals surface area contributed by atoms with Gasteiger partial charge in [0.05, 0.1) is 5.75 Å². The van der Waals surface area contributed by atoms with Gasteiger partial charge in [-0.25, -0.2) is 9.97 Å². The van der Waals surface area contributed by atoms with Gasteiger partial charge in [-0.05, 0) is 49.5 Å². The molecule has 0 saturated carbocycles. The van der Waals surface area contributed by atoms with Crippen LogP contribution in [0.25, 0.3) is 10.2 Å². The normalized spacial score (nSPS) is 23.7. The van der Waals surface area contributed by atoms with Gasteiger partial charge in [0.25, 0.3) is 0 Å². The molecular formula is C19H25N3OS2. The number of thioether (sulfide) groups is 1. The molecule has 1 fully saturated rings. The third-order valence-electron chi connectivity index (χ3n) is 5.27. The summed E-state index contributed by atoms with van der Waals surface area (Å²) in [6.07, 6.45) is 7.71. The van der Waals surface area contributed by atoms with Crippen LogP contribution in [0.2, 0.25) is 0 Å². The lowest BCUT2D eigenvalue weighted by molar-refractivity contribution is -0.130. The summed E-state index contributed by atoms with van der Waals surface area (Å²) in [5.41, 5.74) is 1.45. The predicted octanol–water partition coefficient (Wildman–Crippen LogP) is 4.17. The largest absolute Gasteiger partial charge is 0.341 e. The quantitative estimate of drug-likeness (QED) is 0.597. The van der Waals surface area contributed by atoms with Gasteiger partial charge < -0.3 is 4.90 Å². The van der Waals surface area contributed by atoms with E-state index in [2.05, 4.69) is 23.8 Å². The molecule has 2 aromatic rings. The SMILES string of the molecule is C[C@@H]1C[C@@H](C)CN(C(=O)CSc2ncnc3sc4c(c23)CCCC4)C1. The molecule has 1 aliphatic carbocycles. The number of fused-ring (bicyclic) bond motifs is 3. The molecule has 0 radical (unpaired) electrons. The van der Waals surface area contributed by atoms with Crippen molar-refractivity contribution in [1.29, 1.82) is 0 Å². The number of piperidine rings is 1. The summed E-state index contributed by atoms with van der Waals surface area (Å²) in [6.45, 7) is 6.29. The van der Waals surface area contributed by atoms with Crippen molar-refractivity contribution in [3.05, 3.63) is 16.8 Å². The van der Waals surface area contributed by atoms with Crippen molar-refractivity contribution < 1.29 is 4.79 Å². The highest BCUT2D eigenvalue weighted by Gasteiger charge is 2.26. The van der Waals surface area contributed by atoms with E-state index in [1.54, 1.807) is 18.1 Å². The first kappa shape index (κ1) is 17.3. The maximum absolute atomic E-state index is 12.7. The Morgan fingerprint density at radius 2 is 2.00 bits per heavy atom. The van der Waals surface area contributed by atoms with E-state index in [1.165, 1.54) is 41.5 Å². The molecule has 134 valence electrons. The number of aromatic nitrogens is 2. The van der Waals surface area contributed by atoms with E-state index in [0.717, 1.165) is 29.4 Å². The summed E-state index contributed by atoms with van der Waals surface area (Å²) in [4.78, 5) is 26.3. The van der Waals surface area contributed by atoms with Crippen LogP contribution in [-0.4, -0.2) is 39.6 Å². The molecule has 2 aromatic heterocycles. The van der Waals surface area contributed by atoms with E-state index < -0.39 is 0 Å². The summed E-state index contributed by atoms with van der Waals surface area (Å²) >= 11 is 3.41. The first-order valence-corrected chi connectivity index (χ1v) is 11.1. The van der Waals surface area contributed by atoms with E-state index in [-0.39, 0.29) is 5.91 Å². The second-order valence-corrected chi connectivity index (χ2v) is 9.65. The minimum atomic E-state index is 0.249. The Bertz CT molecular complexity index is 778. The zero-order valence-electron chi connectivity index (χ0n) is 15.0. The van der Waals surface area contributed by atoms with Gasteiger partial charge in [0.2, 0.25) is 5.91 Å². The number of carbonyl (C=O) groups is 1. The van der Waals surface area contributed by atoms with Gasteiger partial charge in [-0.3, -0.25) is 4.79 Å². The fourth-order valence-electron chi connectivity index (χ4n) is 4.26. The number of carbonyl (C=O) groups excluding carboxylic acids is 1. The number of hydrogen-bond acceptors (Lipinski definition) is 5. The van der Waals surface area contributed by atoms with Crippen LogP contribution < -0.4 is 0 Å². The molecule has 4 nitrogen and oxygen atoms in total. The number of nitrogens with zero attached hydrogens (tertiary/aromatic N) is 3. The van der Waals surface area contributed by atoms with Crippen molar-refractivity contribution >= 4 is 39.2 Å². The predicted molar refractivity (Wildman–Crippen MR) is 104 cm³/mol. The Morgan fingerprint density at radius 3 is 2.80 bits per heavy atom. The van der Waals surface area contributed by atoms with Crippen LogP contribution >= 0.6 is 23.1 Å². The molecule has 1 saturated heterocycles. The first-order valence-electron chi connectivity index (χ1n) is 9.27. The zero-order valence-corrected chi connectivity index (χ0v) is 16.6. The molecule has 0 N–H and O–H groups in total. The second kappa shape index (κ2) is 7.23. The molecule has 1 amide bonds. The Hall–Kier alpha value is -1.14. The highest BCUT2D eigenvalue weighted by molar-refractivity contribution is 8.00. The number of thiophene rings is 1. The molecule has 25 heavy (non-hydrogen) atoms. The van der Waals surface area contributed by atoms with Gasteiger partial charge >= 0.3 is 0 Å². The van der Waals surface area contributed by atoms with Crippen LogP contribution in [0.4, 0.5) is 0 Å². The minimum absolute atomic E-state index is 0.249. The Balaban J connectivity index is 1.51. The van der Waals surface area contributed by atoms with Crippen LogP contribution in [0.3, 0.4) is 0 Å². The molecular weight excluding hydrogens is 350 g/mol. The summed E-state index contributed by atoms with van der Waals surface area (Å²) in [5, 5.41) is 2.22. The van der Waals surface area contributed by atoms with Crippen LogP contribution in [0.5, 0.6) is 0 Å². The van der Waals surface area contributed by atoms with Gasteiger partial charge in [-0.1, -0.05) is 25.6 Å². The van der Waals surface area contributed by atoms with Crippen molar-refractivity contribution in [3.63, 3.8) is 0 Å². The lowest BCUT2D eigenvalue weighted by Crippen LogP contribution is -2.43. The van der Waals surface area contributed by atoms with Crippen LogP contribution in [0.1, 0.15) is 43.6 Å². The van der Waals surface area contributed by atoms with Crippen LogP contribution in [0.15, 0.2) is 11.4 Å². The molecule has 4 rings (SSSR count). The second-order valence-electron chi connectivity index (χ2n) is 7.60. The fraction of sp³-hybridized carbons (Fsp3) is 0.632. The topological polar surface area (TPSA) is 46.1 Å². The van der Waals surface area contributed by atoms with Crippen molar-refractivity contribution in [1.82, 2.24) is 14.9 Å². The molecule has 0 aromatic carbocycles. The summed E-state index contributed by atoms with van der Waals surface area (Å²) in [7, 11) is 0. The molecule has 0 bridgehead atoms. The van der Waals surface area contributed by atoms with Gasteiger partial charge in [-0.2, -0.15) is 0 Å². The Morgan fingerprint density at radius 1 is 1.24 bits per heavy atom. The maximum atomic E-state index is 12.7. The van der Waals surface area contributed by atoms with Crippen molar-refractivity contribution in [3.8, 4) is 0 Å². The lowest BCUT2D eigenvalue weighted by Gasteiger charge is -2.35. The number of aryl methyl sites for hydroxylation is 2. The highest BCUT2D eigenvalue weighted by Crippen LogP contribution is 2.39. The standard InChI is InChI=1S/C19H25N3OS2/c1-12-7-13(2)9-22(8-12)16(23)10-24-18-17-14-5-3-4-6-15(14)25-19(17)21-11-20-18/h11-13H,3-10H2,1-2H3/t12-,13-/m1/s1. The van der Waals surface area contributed by atoms with Gasteiger partial charge in [-0.15, -0.1) is 11.3 Å². The van der Waals surface area contributed by atoms with Gasteiger partial charge in [0, 0.05) is 23.4 Å². The third kappa shape index (κ3) is 3.56. The smallest absolute Gasteiger partial charge is 0.233 e. The first-order chi connectivity index (χ1) is 12.1. The number of hydrogen-bond donors (Lipinski definition) is 0. The third-order valence-corrected chi connectivity index (χ3v) is 7.44. The molecule has 0 unspecified atom stereocenters. The average Bonchev–Trinajstić information content (AvgIpc) is 2.98. The van der Waals surface area contributed by atoms with E-state index in [1.807, 2.05) is 16.2 Å². The monoisotopic (exact) mass is 375 g/mol. The molecule has 6 heteroatoms. The van der Waals surface area contributed by atoms with E-state index >= 15 is 0 Å².